The Morgan fingerprint density at radius 3 is 2.39 bits per heavy atom. The highest BCUT2D eigenvalue weighted by Gasteiger charge is 2.26. The molecule has 0 bridgehead atoms. The van der Waals surface area contributed by atoms with Crippen LogP contribution in [0.5, 0.6) is 5.75 Å². The first-order chi connectivity index (χ1) is 14.8. The zero-order chi connectivity index (χ0) is 22.8. The van der Waals surface area contributed by atoms with Crippen molar-refractivity contribution in [2.75, 3.05) is 13.2 Å². The van der Waals surface area contributed by atoms with Crippen LogP contribution in [-0.4, -0.2) is 41.9 Å². The molecule has 0 aliphatic rings. The summed E-state index contributed by atoms with van der Waals surface area (Å²) in [4.78, 5) is 27.4. The third-order valence-corrected chi connectivity index (χ3v) is 6.03. The Balaban J connectivity index is 2.09. The number of halogens is 1. The summed E-state index contributed by atoms with van der Waals surface area (Å²) in [6.07, 6.45) is 2.43. The van der Waals surface area contributed by atoms with Gasteiger partial charge in [0.15, 0.2) is 6.61 Å². The first-order valence-corrected chi connectivity index (χ1v) is 11.7. The van der Waals surface area contributed by atoms with E-state index in [0.717, 1.165) is 22.9 Å². The minimum absolute atomic E-state index is 0.0605. The molecule has 0 aromatic heterocycles. The van der Waals surface area contributed by atoms with Gasteiger partial charge in [0.05, 0.1) is 4.47 Å². The molecule has 5 nitrogen and oxygen atoms in total. The Kier molecular flexibility index (Phi) is 10.0. The standard InChI is InChI=1S/C25H33BrN2O3/c1-5-18(3)27-25(30)19(4)28(15-14-21-10-8-7-9-11-21)24(29)17-31-23-13-12-20(6-2)16-22(23)26/h7-13,16,18-19H,5-6,14-15,17H2,1-4H3,(H,27,30)/t18-,19-/m0/s1. The number of nitrogens with one attached hydrogen (secondary N) is 1. The van der Waals surface area contributed by atoms with Crippen molar-refractivity contribution in [3.63, 3.8) is 0 Å². The number of carbonyl (C=O) groups is 2. The van der Waals surface area contributed by atoms with Gasteiger partial charge in [-0.3, -0.25) is 9.59 Å². The topological polar surface area (TPSA) is 58.6 Å². The quantitative estimate of drug-likeness (QED) is 0.495. The number of benzene rings is 2. The summed E-state index contributed by atoms with van der Waals surface area (Å²) in [6.45, 7) is 8.15. The van der Waals surface area contributed by atoms with E-state index in [2.05, 4.69) is 28.2 Å². The van der Waals surface area contributed by atoms with Gasteiger partial charge in [0.2, 0.25) is 5.91 Å². The van der Waals surface area contributed by atoms with Crippen LogP contribution in [0, 0.1) is 0 Å². The molecule has 0 heterocycles. The second kappa shape index (κ2) is 12.5. The normalized spacial score (nSPS) is 12.7. The van der Waals surface area contributed by atoms with Gasteiger partial charge in [0, 0.05) is 12.6 Å². The van der Waals surface area contributed by atoms with Crippen LogP contribution in [0.3, 0.4) is 0 Å². The second-order valence-electron chi connectivity index (χ2n) is 7.72. The zero-order valence-corrected chi connectivity index (χ0v) is 20.4. The number of amides is 2. The highest BCUT2D eigenvalue weighted by Crippen LogP contribution is 2.26. The second-order valence-corrected chi connectivity index (χ2v) is 8.58. The van der Waals surface area contributed by atoms with E-state index in [1.807, 2.05) is 62.4 Å². The third kappa shape index (κ3) is 7.69. The van der Waals surface area contributed by atoms with Crippen LogP contribution >= 0.6 is 15.9 Å². The largest absolute Gasteiger partial charge is 0.483 e. The Morgan fingerprint density at radius 1 is 1.06 bits per heavy atom. The molecule has 0 aliphatic heterocycles. The number of nitrogens with zero attached hydrogens (tertiary/aromatic N) is 1. The Hall–Kier alpha value is -2.34. The molecule has 1 N–H and O–H groups in total. The predicted molar refractivity (Wildman–Crippen MR) is 128 cm³/mol. The summed E-state index contributed by atoms with van der Waals surface area (Å²) in [5.74, 6) is 0.253. The average Bonchev–Trinajstić information content (AvgIpc) is 2.78. The van der Waals surface area contributed by atoms with Gasteiger partial charge < -0.3 is 15.0 Å². The van der Waals surface area contributed by atoms with E-state index in [9.17, 15) is 9.59 Å². The molecule has 0 unspecified atom stereocenters. The average molecular weight is 489 g/mol. The van der Waals surface area contributed by atoms with Crippen LogP contribution in [0.15, 0.2) is 53.0 Å². The summed E-state index contributed by atoms with van der Waals surface area (Å²) in [7, 11) is 0. The first kappa shape index (κ1) is 24.9. The molecule has 31 heavy (non-hydrogen) atoms. The van der Waals surface area contributed by atoms with Gasteiger partial charge in [-0.2, -0.15) is 0 Å². The van der Waals surface area contributed by atoms with E-state index < -0.39 is 6.04 Å². The lowest BCUT2D eigenvalue weighted by Crippen LogP contribution is -2.51. The van der Waals surface area contributed by atoms with Crippen molar-refractivity contribution in [1.82, 2.24) is 10.2 Å². The van der Waals surface area contributed by atoms with Crippen molar-refractivity contribution in [3.8, 4) is 5.75 Å². The summed E-state index contributed by atoms with van der Waals surface area (Å²) < 4.78 is 6.61. The van der Waals surface area contributed by atoms with Gasteiger partial charge in [-0.1, -0.05) is 50.2 Å². The van der Waals surface area contributed by atoms with Gasteiger partial charge in [-0.25, -0.2) is 0 Å². The van der Waals surface area contributed by atoms with Gasteiger partial charge in [-0.05, 0) is 72.3 Å². The number of hydrogen-bond donors (Lipinski definition) is 1. The fourth-order valence-corrected chi connectivity index (χ4v) is 3.68. The van der Waals surface area contributed by atoms with Crippen LogP contribution in [0.1, 0.15) is 45.2 Å². The van der Waals surface area contributed by atoms with Crippen molar-refractivity contribution in [2.24, 2.45) is 0 Å². The van der Waals surface area contributed by atoms with E-state index >= 15 is 0 Å². The smallest absolute Gasteiger partial charge is 0.261 e. The lowest BCUT2D eigenvalue weighted by atomic mass is 10.1. The van der Waals surface area contributed by atoms with Crippen LogP contribution in [0.2, 0.25) is 0 Å². The third-order valence-electron chi connectivity index (χ3n) is 5.41. The monoisotopic (exact) mass is 488 g/mol. The van der Waals surface area contributed by atoms with Crippen molar-refractivity contribution in [1.29, 1.82) is 0 Å². The maximum absolute atomic E-state index is 13.1. The molecule has 0 saturated carbocycles. The molecule has 2 aromatic rings. The number of carbonyl (C=O) groups excluding carboxylic acids is 2. The van der Waals surface area contributed by atoms with Crippen molar-refractivity contribution in [3.05, 3.63) is 64.1 Å². The summed E-state index contributed by atoms with van der Waals surface area (Å²) >= 11 is 3.51. The highest BCUT2D eigenvalue weighted by atomic mass is 79.9. The summed E-state index contributed by atoms with van der Waals surface area (Å²) in [6, 6.07) is 15.3. The lowest BCUT2D eigenvalue weighted by molar-refractivity contribution is -0.141. The van der Waals surface area contributed by atoms with Crippen LogP contribution < -0.4 is 10.1 Å². The molecule has 2 aromatic carbocycles. The first-order valence-electron chi connectivity index (χ1n) is 10.9. The Bertz CT molecular complexity index is 857. The molecule has 0 spiro atoms. The van der Waals surface area contributed by atoms with E-state index in [1.165, 1.54) is 5.56 Å². The maximum Gasteiger partial charge on any atom is 0.261 e. The highest BCUT2D eigenvalue weighted by molar-refractivity contribution is 9.10. The molecule has 0 radical (unpaired) electrons. The summed E-state index contributed by atoms with van der Waals surface area (Å²) in [5.41, 5.74) is 2.30. The fourth-order valence-electron chi connectivity index (χ4n) is 3.14. The molecule has 0 saturated heterocycles. The van der Waals surface area contributed by atoms with Crippen LogP contribution in [0.25, 0.3) is 0 Å². The van der Waals surface area contributed by atoms with Gasteiger partial charge in [0.25, 0.3) is 5.91 Å². The van der Waals surface area contributed by atoms with E-state index in [0.29, 0.717) is 18.7 Å². The van der Waals surface area contributed by atoms with Crippen molar-refractivity contribution < 1.29 is 14.3 Å². The lowest BCUT2D eigenvalue weighted by Gasteiger charge is -2.29. The number of ether oxygens (including phenoxy) is 1. The predicted octanol–water partition coefficient (Wildman–Crippen LogP) is 4.76. The molecule has 2 amide bonds. The molecule has 2 rings (SSSR count). The Morgan fingerprint density at radius 2 is 1.77 bits per heavy atom. The van der Waals surface area contributed by atoms with Crippen molar-refractivity contribution in [2.45, 2.75) is 59.0 Å². The SMILES string of the molecule is CCc1ccc(OCC(=O)N(CCc2ccccc2)[C@@H](C)C(=O)N[C@@H](C)CC)c(Br)c1. The maximum atomic E-state index is 13.1. The molecule has 168 valence electrons. The van der Waals surface area contributed by atoms with E-state index in [1.54, 1.807) is 11.8 Å². The minimum Gasteiger partial charge on any atom is -0.483 e. The minimum atomic E-state index is -0.584. The summed E-state index contributed by atoms with van der Waals surface area (Å²) in [5, 5.41) is 2.98. The molecular formula is C25H33BrN2O3. The van der Waals surface area contributed by atoms with E-state index in [-0.39, 0.29) is 24.5 Å². The van der Waals surface area contributed by atoms with Crippen LogP contribution in [-0.2, 0) is 22.4 Å². The fraction of sp³-hybridized carbons (Fsp3) is 0.440. The molecule has 0 fully saturated rings. The zero-order valence-electron chi connectivity index (χ0n) is 18.9. The van der Waals surface area contributed by atoms with Gasteiger partial charge in [0.1, 0.15) is 11.8 Å². The molecule has 2 atom stereocenters. The molecule has 0 aliphatic carbocycles. The number of hydrogen-bond acceptors (Lipinski definition) is 3. The Labute approximate surface area is 194 Å². The number of aryl methyl sites for hydroxylation is 1. The van der Waals surface area contributed by atoms with Crippen LogP contribution in [0.4, 0.5) is 0 Å². The van der Waals surface area contributed by atoms with E-state index in [4.69, 9.17) is 4.74 Å². The molecular weight excluding hydrogens is 456 g/mol. The molecule has 6 heteroatoms. The van der Waals surface area contributed by atoms with Crippen molar-refractivity contribution >= 4 is 27.7 Å². The number of rotatable bonds is 11. The van der Waals surface area contributed by atoms with Gasteiger partial charge in [-0.15, -0.1) is 0 Å². The van der Waals surface area contributed by atoms with Gasteiger partial charge >= 0.3 is 0 Å².